The Morgan fingerprint density at radius 1 is 1.40 bits per heavy atom. The molecule has 1 atom stereocenters. The number of carboxylic acid groups (broad SMARTS) is 2. The number of aliphatic carboxylic acids is 2. The number of carbonyl (C=O) groups is 2. The third-order valence-corrected chi connectivity index (χ3v) is 0.712. The van der Waals surface area contributed by atoms with E-state index in [9.17, 15) is 9.59 Å². The van der Waals surface area contributed by atoms with Crippen molar-refractivity contribution in [3.05, 3.63) is 0 Å². The third kappa shape index (κ3) is 5.55. The molecule has 0 aromatic heterocycles. The molecular formula is C4H9NO4Se. The molecule has 0 saturated carbocycles. The Morgan fingerprint density at radius 3 is 1.90 bits per heavy atom. The van der Waals surface area contributed by atoms with Crippen LogP contribution in [0.25, 0.3) is 0 Å². The second kappa shape index (κ2) is 5.22. The van der Waals surface area contributed by atoms with Crippen molar-refractivity contribution in [1.29, 1.82) is 0 Å². The molecule has 0 rings (SSSR count). The topological polar surface area (TPSA) is 101 Å². The third-order valence-electron chi connectivity index (χ3n) is 0.712. The average molecular weight is 214 g/mol. The SMILES string of the molecule is NC(CC(=O)O)C(=O)O.[SeH2]. The van der Waals surface area contributed by atoms with Crippen molar-refractivity contribution < 1.29 is 19.8 Å². The molecule has 0 aliphatic carbocycles. The molecule has 0 bridgehead atoms. The average Bonchev–Trinajstić information content (AvgIpc) is 1.63. The summed E-state index contributed by atoms with van der Waals surface area (Å²) in [6.07, 6.45) is -0.532. The van der Waals surface area contributed by atoms with Gasteiger partial charge in [-0.05, 0) is 0 Å². The molecule has 0 aliphatic heterocycles. The van der Waals surface area contributed by atoms with Crippen LogP contribution in [-0.4, -0.2) is 45.3 Å². The second-order valence-corrected chi connectivity index (χ2v) is 1.54. The minimum atomic E-state index is -1.29. The zero-order valence-electron chi connectivity index (χ0n) is 5.07. The van der Waals surface area contributed by atoms with Crippen LogP contribution in [0.5, 0.6) is 0 Å². The predicted octanol–water partition coefficient (Wildman–Crippen LogP) is -2.04. The first-order valence-corrected chi connectivity index (χ1v) is 2.24. The summed E-state index contributed by atoms with van der Waals surface area (Å²) >= 11 is 0. The van der Waals surface area contributed by atoms with Crippen molar-refractivity contribution in [3.8, 4) is 0 Å². The molecule has 5 nitrogen and oxygen atoms in total. The van der Waals surface area contributed by atoms with Crippen molar-refractivity contribution in [3.63, 3.8) is 0 Å². The Bertz CT molecular complexity index is 137. The van der Waals surface area contributed by atoms with Gasteiger partial charge in [0.15, 0.2) is 0 Å². The molecule has 6 heteroatoms. The van der Waals surface area contributed by atoms with Gasteiger partial charge >= 0.3 is 29.0 Å². The van der Waals surface area contributed by atoms with Gasteiger partial charge in [-0.1, -0.05) is 0 Å². The number of hydrogen-bond acceptors (Lipinski definition) is 3. The maximum absolute atomic E-state index is 9.85. The van der Waals surface area contributed by atoms with Gasteiger partial charge in [0, 0.05) is 0 Å². The van der Waals surface area contributed by atoms with Gasteiger partial charge in [-0.25, -0.2) is 0 Å². The summed E-state index contributed by atoms with van der Waals surface area (Å²) < 4.78 is 0. The normalized spacial score (nSPS) is 11.3. The molecular weight excluding hydrogens is 205 g/mol. The molecule has 1 unspecified atom stereocenters. The monoisotopic (exact) mass is 215 g/mol. The fraction of sp³-hybridized carbons (Fsp3) is 0.500. The van der Waals surface area contributed by atoms with E-state index >= 15 is 0 Å². The summed E-state index contributed by atoms with van der Waals surface area (Å²) in [5, 5.41) is 16.0. The van der Waals surface area contributed by atoms with Crippen LogP contribution < -0.4 is 5.73 Å². The molecule has 0 aromatic carbocycles. The van der Waals surface area contributed by atoms with Gasteiger partial charge < -0.3 is 15.9 Å². The summed E-state index contributed by atoms with van der Waals surface area (Å²) in [6.45, 7) is 0. The standard InChI is InChI=1S/C4H7NO4.H2Se/c5-2(4(8)9)1-3(6)7;/h2H,1,5H2,(H,6,7)(H,8,9);1H2. The van der Waals surface area contributed by atoms with Crippen LogP contribution in [0.4, 0.5) is 0 Å². The summed E-state index contributed by atoms with van der Waals surface area (Å²) in [5.74, 6) is -2.50. The van der Waals surface area contributed by atoms with E-state index < -0.39 is 24.4 Å². The van der Waals surface area contributed by atoms with Crippen molar-refractivity contribution in [1.82, 2.24) is 0 Å². The van der Waals surface area contributed by atoms with Crippen LogP contribution in [0.1, 0.15) is 6.42 Å². The molecule has 10 heavy (non-hydrogen) atoms. The van der Waals surface area contributed by atoms with Gasteiger partial charge in [-0.15, -0.1) is 0 Å². The van der Waals surface area contributed by atoms with Gasteiger partial charge in [0.05, 0.1) is 6.42 Å². The van der Waals surface area contributed by atoms with E-state index in [-0.39, 0.29) is 17.1 Å². The molecule has 0 spiro atoms. The number of nitrogens with two attached hydrogens (primary N) is 1. The first kappa shape index (κ1) is 12.1. The Kier molecular flexibility index (Phi) is 6.34. The van der Waals surface area contributed by atoms with Crippen LogP contribution in [0.15, 0.2) is 0 Å². The summed E-state index contributed by atoms with van der Waals surface area (Å²) in [5.41, 5.74) is 4.84. The van der Waals surface area contributed by atoms with Crippen molar-refractivity contribution in [2.24, 2.45) is 5.73 Å². The number of rotatable bonds is 3. The van der Waals surface area contributed by atoms with Gasteiger partial charge in [-0.2, -0.15) is 0 Å². The van der Waals surface area contributed by atoms with Crippen molar-refractivity contribution in [2.45, 2.75) is 12.5 Å². The molecule has 0 heterocycles. The van der Waals surface area contributed by atoms with Gasteiger partial charge in [0.25, 0.3) is 0 Å². The van der Waals surface area contributed by atoms with Crippen LogP contribution >= 0.6 is 0 Å². The first-order valence-electron chi connectivity index (χ1n) is 2.24. The Morgan fingerprint density at radius 2 is 1.80 bits per heavy atom. The quantitative estimate of drug-likeness (QED) is 0.470. The van der Waals surface area contributed by atoms with E-state index in [1.54, 1.807) is 0 Å². The Balaban J connectivity index is 0. The first-order chi connectivity index (χ1) is 4.04. The van der Waals surface area contributed by atoms with E-state index in [0.29, 0.717) is 0 Å². The molecule has 0 radical (unpaired) electrons. The van der Waals surface area contributed by atoms with Gasteiger partial charge in [-0.3, -0.25) is 9.59 Å². The molecule has 0 amide bonds. The van der Waals surface area contributed by atoms with Crippen LogP contribution in [-0.2, 0) is 9.59 Å². The van der Waals surface area contributed by atoms with E-state index in [1.807, 2.05) is 0 Å². The Labute approximate surface area is 67.7 Å². The van der Waals surface area contributed by atoms with E-state index in [0.717, 1.165) is 0 Å². The Hall–Kier alpha value is -0.581. The van der Waals surface area contributed by atoms with Crippen molar-refractivity contribution in [2.75, 3.05) is 0 Å². The molecule has 60 valence electrons. The minimum absolute atomic E-state index is 0. The second-order valence-electron chi connectivity index (χ2n) is 1.54. The van der Waals surface area contributed by atoms with Gasteiger partial charge in [0.2, 0.25) is 0 Å². The molecule has 0 aliphatic rings. The number of hydrogen-bond donors (Lipinski definition) is 3. The molecule has 0 saturated heterocycles. The number of carboxylic acids is 2. The summed E-state index contributed by atoms with van der Waals surface area (Å²) in [6, 6.07) is -1.29. The zero-order chi connectivity index (χ0) is 7.44. The fourth-order valence-electron chi connectivity index (χ4n) is 0.275. The van der Waals surface area contributed by atoms with Crippen LogP contribution in [0.2, 0.25) is 0 Å². The predicted molar refractivity (Wildman–Crippen MR) is 36.4 cm³/mol. The van der Waals surface area contributed by atoms with E-state index in [2.05, 4.69) is 0 Å². The zero-order valence-corrected chi connectivity index (χ0v) is 7.17. The molecule has 0 fully saturated rings. The van der Waals surface area contributed by atoms with E-state index in [1.165, 1.54) is 0 Å². The summed E-state index contributed by atoms with van der Waals surface area (Å²) in [7, 11) is 0. The maximum atomic E-state index is 9.85. The van der Waals surface area contributed by atoms with Gasteiger partial charge in [0.1, 0.15) is 6.04 Å². The van der Waals surface area contributed by atoms with Crippen LogP contribution in [0.3, 0.4) is 0 Å². The van der Waals surface area contributed by atoms with Crippen LogP contribution in [0, 0.1) is 0 Å². The molecule has 0 aromatic rings. The van der Waals surface area contributed by atoms with Crippen molar-refractivity contribution >= 4 is 29.0 Å². The summed E-state index contributed by atoms with van der Waals surface area (Å²) in [4.78, 5) is 19.6. The molecule has 4 N–H and O–H groups in total. The fourth-order valence-corrected chi connectivity index (χ4v) is 0.275. The van der Waals surface area contributed by atoms with E-state index in [4.69, 9.17) is 15.9 Å².